The summed E-state index contributed by atoms with van der Waals surface area (Å²) in [6.07, 6.45) is 0. The van der Waals surface area contributed by atoms with Crippen molar-refractivity contribution < 1.29 is 4.74 Å². The van der Waals surface area contributed by atoms with Gasteiger partial charge in [-0.05, 0) is 13.0 Å². The third-order valence-electron chi connectivity index (χ3n) is 2.29. The van der Waals surface area contributed by atoms with Gasteiger partial charge in [0.05, 0.1) is 16.7 Å². The van der Waals surface area contributed by atoms with Crippen LogP contribution in [0.5, 0.6) is 0 Å². The third-order valence-corrected chi connectivity index (χ3v) is 2.86. The van der Waals surface area contributed by atoms with Gasteiger partial charge in [-0.2, -0.15) is 0 Å². The van der Waals surface area contributed by atoms with E-state index in [4.69, 9.17) is 33.8 Å². The summed E-state index contributed by atoms with van der Waals surface area (Å²) < 4.78 is 5.04. The van der Waals surface area contributed by atoms with Crippen LogP contribution in [0.15, 0.2) is 6.07 Å². The highest BCUT2D eigenvalue weighted by molar-refractivity contribution is 6.37. The Morgan fingerprint density at radius 1 is 1.47 bits per heavy atom. The zero-order valence-electron chi connectivity index (χ0n) is 9.83. The minimum absolute atomic E-state index is 0.393. The normalized spacial score (nSPS) is 10.4. The van der Waals surface area contributed by atoms with Gasteiger partial charge in [-0.1, -0.05) is 23.2 Å². The largest absolute Gasteiger partial charge is 0.383 e. The molecule has 5 nitrogen and oxygen atoms in total. The number of nitrogens with zero attached hydrogens (tertiary/aromatic N) is 2. The SMILES string of the molecule is CCN(CCOC)c1nc(NN)c(Cl)cc1Cl. The summed E-state index contributed by atoms with van der Waals surface area (Å²) in [5.41, 5.74) is 2.44. The van der Waals surface area contributed by atoms with Crippen LogP contribution in [0.25, 0.3) is 0 Å². The van der Waals surface area contributed by atoms with Crippen LogP contribution in [0.4, 0.5) is 11.6 Å². The van der Waals surface area contributed by atoms with Gasteiger partial charge in [0.2, 0.25) is 0 Å². The fraction of sp³-hybridized carbons (Fsp3) is 0.500. The highest BCUT2D eigenvalue weighted by Crippen LogP contribution is 2.30. The Bertz CT molecular complexity index is 376. The first-order chi connectivity index (χ1) is 8.13. The molecule has 3 N–H and O–H groups in total. The number of methoxy groups -OCH3 is 1. The van der Waals surface area contributed by atoms with E-state index in [0.29, 0.717) is 34.8 Å². The molecular weight excluding hydrogens is 263 g/mol. The molecule has 0 aliphatic carbocycles. The van der Waals surface area contributed by atoms with Crippen LogP contribution in [0.3, 0.4) is 0 Å². The minimum Gasteiger partial charge on any atom is -0.383 e. The summed E-state index contributed by atoms with van der Waals surface area (Å²) in [7, 11) is 1.65. The van der Waals surface area contributed by atoms with E-state index in [1.165, 1.54) is 0 Å². The first-order valence-corrected chi connectivity index (χ1v) is 5.96. The Hall–Kier alpha value is -0.750. The van der Waals surface area contributed by atoms with Gasteiger partial charge in [0.25, 0.3) is 0 Å². The van der Waals surface area contributed by atoms with Crippen molar-refractivity contribution in [3.05, 3.63) is 16.1 Å². The van der Waals surface area contributed by atoms with Gasteiger partial charge >= 0.3 is 0 Å². The van der Waals surface area contributed by atoms with Crippen LogP contribution in [-0.2, 0) is 4.74 Å². The van der Waals surface area contributed by atoms with Crippen molar-refractivity contribution in [1.82, 2.24) is 4.98 Å². The summed E-state index contributed by atoms with van der Waals surface area (Å²) in [5, 5.41) is 0.885. The molecule has 1 rings (SSSR count). The van der Waals surface area contributed by atoms with Crippen molar-refractivity contribution in [2.45, 2.75) is 6.92 Å². The molecule has 1 aromatic heterocycles. The van der Waals surface area contributed by atoms with E-state index in [9.17, 15) is 0 Å². The van der Waals surface area contributed by atoms with Gasteiger partial charge in [0.1, 0.15) is 5.82 Å². The van der Waals surface area contributed by atoms with Gasteiger partial charge in [-0.25, -0.2) is 10.8 Å². The maximum absolute atomic E-state index is 6.11. The van der Waals surface area contributed by atoms with Crippen LogP contribution in [0.2, 0.25) is 10.0 Å². The predicted molar refractivity (Wildman–Crippen MR) is 71.8 cm³/mol. The lowest BCUT2D eigenvalue weighted by atomic mass is 10.4. The summed E-state index contributed by atoms with van der Waals surface area (Å²) in [6, 6.07) is 1.62. The van der Waals surface area contributed by atoms with E-state index < -0.39 is 0 Å². The number of nitrogen functional groups attached to an aromatic ring is 1. The van der Waals surface area contributed by atoms with Crippen molar-refractivity contribution >= 4 is 34.8 Å². The van der Waals surface area contributed by atoms with Crippen LogP contribution < -0.4 is 16.2 Å². The molecule has 0 amide bonds. The number of hydrazine groups is 1. The maximum atomic E-state index is 6.11. The van der Waals surface area contributed by atoms with Crippen molar-refractivity contribution in [2.75, 3.05) is 37.1 Å². The van der Waals surface area contributed by atoms with Crippen LogP contribution in [-0.4, -0.2) is 31.8 Å². The number of aromatic nitrogens is 1. The fourth-order valence-electron chi connectivity index (χ4n) is 1.40. The number of hydrogen-bond acceptors (Lipinski definition) is 5. The smallest absolute Gasteiger partial charge is 0.161 e. The fourth-order valence-corrected chi connectivity index (χ4v) is 1.93. The zero-order valence-corrected chi connectivity index (χ0v) is 11.3. The second-order valence-electron chi connectivity index (χ2n) is 3.34. The first kappa shape index (κ1) is 14.3. The molecule has 0 aliphatic heterocycles. The van der Waals surface area contributed by atoms with Crippen LogP contribution in [0, 0.1) is 0 Å². The average Bonchev–Trinajstić information content (AvgIpc) is 2.32. The molecule has 0 aromatic carbocycles. The third kappa shape index (κ3) is 3.61. The van der Waals surface area contributed by atoms with E-state index in [1.54, 1.807) is 13.2 Å². The molecule has 0 unspecified atom stereocenters. The van der Waals surface area contributed by atoms with E-state index in [-0.39, 0.29) is 0 Å². The highest BCUT2D eigenvalue weighted by Gasteiger charge is 2.13. The number of ether oxygens (including phenoxy) is 1. The summed E-state index contributed by atoms with van der Waals surface area (Å²) in [4.78, 5) is 6.27. The number of likely N-dealkylation sites (N-methyl/N-ethyl adjacent to an activating group) is 1. The lowest BCUT2D eigenvalue weighted by Gasteiger charge is -2.23. The summed E-state index contributed by atoms with van der Waals surface area (Å²) in [5.74, 6) is 6.37. The molecule has 7 heteroatoms. The monoisotopic (exact) mass is 278 g/mol. The summed E-state index contributed by atoms with van der Waals surface area (Å²) >= 11 is 12.0. The average molecular weight is 279 g/mol. The van der Waals surface area contributed by atoms with Crippen molar-refractivity contribution in [2.24, 2.45) is 5.84 Å². The number of nitrogens with two attached hydrogens (primary N) is 1. The molecule has 0 aliphatic rings. The van der Waals surface area contributed by atoms with Crippen molar-refractivity contribution in [3.8, 4) is 0 Å². The molecule has 0 fully saturated rings. The molecule has 1 heterocycles. The number of halogens is 2. The quantitative estimate of drug-likeness (QED) is 0.617. The molecule has 0 spiro atoms. The Labute approximate surface area is 111 Å². The Morgan fingerprint density at radius 3 is 2.71 bits per heavy atom. The molecule has 0 bridgehead atoms. The van der Waals surface area contributed by atoms with Gasteiger partial charge in [0, 0.05) is 20.2 Å². The van der Waals surface area contributed by atoms with E-state index in [0.717, 1.165) is 6.54 Å². The molecule has 17 heavy (non-hydrogen) atoms. The van der Waals surface area contributed by atoms with Gasteiger partial charge < -0.3 is 15.1 Å². The van der Waals surface area contributed by atoms with Crippen LogP contribution >= 0.6 is 23.2 Å². The van der Waals surface area contributed by atoms with E-state index in [1.807, 2.05) is 11.8 Å². The van der Waals surface area contributed by atoms with Crippen molar-refractivity contribution in [1.29, 1.82) is 0 Å². The molecule has 0 radical (unpaired) electrons. The molecule has 96 valence electrons. The number of rotatable bonds is 6. The molecular formula is C10H16Cl2N4O. The Balaban J connectivity index is 3.01. The maximum Gasteiger partial charge on any atom is 0.161 e. The van der Waals surface area contributed by atoms with E-state index in [2.05, 4.69) is 10.4 Å². The lowest BCUT2D eigenvalue weighted by molar-refractivity contribution is 0.205. The molecule has 0 saturated carbocycles. The lowest BCUT2D eigenvalue weighted by Crippen LogP contribution is -2.28. The van der Waals surface area contributed by atoms with Gasteiger partial charge in [-0.15, -0.1) is 0 Å². The molecule has 0 saturated heterocycles. The van der Waals surface area contributed by atoms with Gasteiger partial charge in [0.15, 0.2) is 5.82 Å². The second-order valence-corrected chi connectivity index (χ2v) is 4.16. The zero-order chi connectivity index (χ0) is 12.8. The first-order valence-electron chi connectivity index (χ1n) is 5.20. The standard InChI is InChI=1S/C10H16Cl2N4O/c1-3-16(4-5-17-2)10-8(12)6-7(11)9(14-10)15-13/h6H,3-5,13H2,1-2H3,(H,14,15). The number of nitrogens with one attached hydrogen (secondary N) is 1. The highest BCUT2D eigenvalue weighted by atomic mass is 35.5. The van der Waals surface area contributed by atoms with E-state index >= 15 is 0 Å². The topological polar surface area (TPSA) is 63.4 Å². The summed E-state index contributed by atoms with van der Waals surface area (Å²) in [6.45, 7) is 4.07. The molecule has 1 aromatic rings. The Morgan fingerprint density at radius 2 is 2.18 bits per heavy atom. The minimum atomic E-state index is 0.393. The Kier molecular flexibility index (Phi) is 5.77. The number of hydrogen-bond donors (Lipinski definition) is 2. The van der Waals surface area contributed by atoms with Crippen molar-refractivity contribution in [3.63, 3.8) is 0 Å². The number of anilines is 2. The second kappa shape index (κ2) is 6.86. The van der Waals surface area contributed by atoms with Crippen LogP contribution in [0.1, 0.15) is 6.92 Å². The predicted octanol–water partition coefficient (Wildman–Crippen LogP) is 2.15. The van der Waals surface area contributed by atoms with Gasteiger partial charge in [-0.3, -0.25) is 0 Å². The number of pyridine rings is 1. The molecule has 0 atom stereocenters.